The van der Waals surface area contributed by atoms with E-state index in [9.17, 15) is 9.18 Å². The highest BCUT2D eigenvalue weighted by molar-refractivity contribution is 5.85. The van der Waals surface area contributed by atoms with Gasteiger partial charge in [-0.1, -0.05) is 12.1 Å². The van der Waals surface area contributed by atoms with Gasteiger partial charge in [0.2, 0.25) is 5.91 Å². The summed E-state index contributed by atoms with van der Waals surface area (Å²) in [6.07, 6.45) is 2.22. The van der Waals surface area contributed by atoms with Crippen LogP contribution in [0.3, 0.4) is 0 Å². The van der Waals surface area contributed by atoms with Gasteiger partial charge in [0.05, 0.1) is 0 Å². The van der Waals surface area contributed by atoms with E-state index in [4.69, 9.17) is 5.73 Å². The van der Waals surface area contributed by atoms with Crippen LogP contribution in [0.25, 0.3) is 0 Å². The minimum Gasteiger partial charge on any atom is -0.341 e. The molecule has 2 N–H and O–H groups in total. The summed E-state index contributed by atoms with van der Waals surface area (Å²) in [6.45, 7) is 5.16. The van der Waals surface area contributed by atoms with Crippen LogP contribution in [-0.4, -0.2) is 50.1 Å². The first-order chi connectivity index (χ1) is 12.5. The zero-order chi connectivity index (χ0) is 18.7. The van der Waals surface area contributed by atoms with Gasteiger partial charge in [-0.25, -0.2) is 9.07 Å². The minimum absolute atomic E-state index is 0. The van der Waals surface area contributed by atoms with Crippen LogP contribution in [0.4, 0.5) is 4.39 Å². The molecule has 2 atom stereocenters. The van der Waals surface area contributed by atoms with Crippen LogP contribution in [-0.2, 0) is 11.2 Å². The number of aromatic nitrogens is 4. The number of halogens is 2. The smallest absolute Gasteiger partial charge is 0.247 e. The Labute approximate surface area is 164 Å². The number of hydrogen-bond donors (Lipinski definition) is 1. The van der Waals surface area contributed by atoms with Crippen molar-refractivity contribution in [3.05, 3.63) is 41.5 Å². The van der Waals surface area contributed by atoms with Crippen LogP contribution >= 0.6 is 12.4 Å². The van der Waals surface area contributed by atoms with E-state index < -0.39 is 6.04 Å². The number of likely N-dealkylation sites (tertiary alicyclic amines) is 1. The first kappa shape index (κ1) is 21.2. The fraction of sp³-hybridized carbons (Fsp3) is 0.556. The number of benzene rings is 1. The minimum atomic E-state index is -0.540. The molecule has 1 aromatic carbocycles. The predicted molar refractivity (Wildman–Crippen MR) is 102 cm³/mol. The second-order valence-corrected chi connectivity index (χ2v) is 7.04. The summed E-state index contributed by atoms with van der Waals surface area (Å²) in [5, 5.41) is 11.6. The lowest BCUT2D eigenvalue weighted by Crippen LogP contribution is -2.46. The molecule has 1 aliphatic rings. The van der Waals surface area contributed by atoms with Crippen molar-refractivity contribution in [2.24, 2.45) is 11.7 Å². The van der Waals surface area contributed by atoms with Crippen LogP contribution in [0.1, 0.15) is 37.2 Å². The maximum absolute atomic E-state index is 13.2. The van der Waals surface area contributed by atoms with Crippen molar-refractivity contribution in [3.8, 4) is 0 Å². The largest absolute Gasteiger partial charge is 0.341 e. The molecule has 9 heteroatoms. The predicted octanol–water partition coefficient (Wildman–Crippen LogP) is 1.91. The number of tetrazole rings is 1. The Hall–Kier alpha value is -2.06. The zero-order valence-electron chi connectivity index (χ0n) is 15.6. The van der Waals surface area contributed by atoms with E-state index in [-0.39, 0.29) is 30.2 Å². The summed E-state index contributed by atoms with van der Waals surface area (Å²) in [7, 11) is 0. The van der Waals surface area contributed by atoms with Gasteiger partial charge in [-0.05, 0) is 60.7 Å². The lowest BCUT2D eigenvalue weighted by atomic mass is 9.90. The lowest BCUT2D eigenvalue weighted by Gasteiger charge is -2.35. The normalized spacial score (nSPS) is 17.3. The summed E-state index contributed by atoms with van der Waals surface area (Å²) in [5.41, 5.74) is 6.86. The average Bonchev–Trinajstić information content (AvgIpc) is 3.06. The maximum atomic E-state index is 13.2. The van der Waals surface area contributed by atoms with Crippen molar-refractivity contribution < 1.29 is 9.18 Å². The van der Waals surface area contributed by atoms with Gasteiger partial charge >= 0.3 is 0 Å². The molecule has 2 aromatic rings. The first-order valence-electron chi connectivity index (χ1n) is 8.99. The molecule has 0 radical (unpaired) electrons. The quantitative estimate of drug-likeness (QED) is 0.833. The maximum Gasteiger partial charge on any atom is 0.247 e. The third-order valence-corrected chi connectivity index (χ3v) is 5.17. The molecule has 1 amide bonds. The number of piperidine rings is 1. The molecule has 7 nitrogen and oxygen atoms in total. The molecule has 1 aromatic heterocycles. The molecular formula is C18H26ClFN6O. The van der Waals surface area contributed by atoms with E-state index in [2.05, 4.69) is 15.5 Å². The third-order valence-electron chi connectivity index (χ3n) is 5.17. The number of carbonyl (C=O) groups is 1. The average molecular weight is 397 g/mol. The third kappa shape index (κ3) is 5.01. The standard InChI is InChI=1S/C18H25FN6O.ClH/c1-12(20)15-7-9-24(10-8-15)18(26)17(25-13(2)21-22-23-25)11-14-3-5-16(19)6-4-14;/h3-6,12,15,17H,7-11,20H2,1-2H3;1H. The number of aryl methyl sites for hydroxylation is 1. The molecule has 1 fully saturated rings. The number of nitrogens with zero attached hydrogens (tertiary/aromatic N) is 5. The van der Waals surface area contributed by atoms with E-state index in [1.165, 1.54) is 12.1 Å². The second-order valence-electron chi connectivity index (χ2n) is 7.04. The SMILES string of the molecule is Cc1nnnn1C(Cc1ccc(F)cc1)C(=O)N1CCC(C(C)N)CC1.Cl. The molecule has 3 rings (SSSR count). The van der Waals surface area contributed by atoms with Gasteiger partial charge in [0, 0.05) is 25.6 Å². The zero-order valence-corrected chi connectivity index (χ0v) is 16.4. The number of rotatable bonds is 5. The Morgan fingerprint density at radius 1 is 1.30 bits per heavy atom. The molecule has 2 heterocycles. The fourth-order valence-electron chi connectivity index (χ4n) is 3.50. The van der Waals surface area contributed by atoms with Crippen LogP contribution in [0.15, 0.2) is 24.3 Å². The van der Waals surface area contributed by atoms with E-state index in [0.29, 0.717) is 31.3 Å². The fourth-order valence-corrected chi connectivity index (χ4v) is 3.50. The Morgan fingerprint density at radius 3 is 2.44 bits per heavy atom. The first-order valence-corrected chi connectivity index (χ1v) is 8.99. The summed E-state index contributed by atoms with van der Waals surface area (Å²) >= 11 is 0. The highest BCUT2D eigenvalue weighted by atomic mass is 35.5. The van der Waals surface area contributed by atoms with Gasteiger partial charge in [0.1, 0.15) is 17.7 Å². The van der Waals surface area contributed by atoms with E-state index in [1.54, 1.807) is 23.7 Å². The van der Waals surface area contributed by atoms with Gasteiger partial charge in [0.15, 0.2) is 0 Å². The van der Waals surface area contributed by atoms with Crippen molar-refractivity contribution in [2.45, 2.75) is 45.2 Å². The van der Waals surface area contributed by atoms with Gasteiger partial charge in [-0.2, -0.15) is 0 Å². The van der Waals surface area contributed by atoms with Crippen LogP contribution in [0.5, 0.6) is 0 Å². The Morgan fingerprint density at radius 2 is 1.93 bits per heavy atom. The number of carbonyl (C=O) groups excluding carboxylic acids is 1. The van der Waals surface area contributed by atoms with E-state index >= 15 is 0 Å². The van der Waals surface area contributed by atoms with Crippen molar-refractivity contribution in [1.29, 1.82) is 0 Å². The molecule has 148 valence electrons. The van der Waals surface area contributed by atoms with Gasteiger partial charge in [0.25, 0.3) is 0 Å². The van der Waals surface area contributed by atoms with Crippen molar-refractivity contribution >= 4 is 18.3 Å². The van der Waals surface area contributed by atoms with Gasteiger partial charge < -0.3 is 10.6 Å². The molecular weight excluding hydrogens is 371 g/mol. The van der Waals surface area contributed by atoms with E-state index in [0.717, 1.165) is 18.4 Å². The van der Waals surface area contributed by atoms with Crippen molar-refractivity contribution in [3.63, 3.8) is 0 Å². The van der Waals surface area contributed by atoms with Gasteiger partial charge in [-0.15, -0.1) is 17.5 Å². The van der Waals surface area contributed by atoms with Gasteiger partial charge in [-0.3, -0.25) is 4.79 Å². The lowest BCUT2D eigenvalue weighted by molar-refractivity contribution is -0.136. The molecule has 0 spiro atoms. The summed E-state index contributed by atoms with van der Waals surface area (Å²) in [6, 6.07) is 5.79. The topological polar surface area (TPSA) is 89.9 Å². The van der Waals surface area contributed by atoms with Crippen LogP contribution < -0.4 is 5.73 Å². The summed E-state index contributed by atoms with van der Waals surface area (Å²) in [5.74, 6) is 0.723. The molecule has 1 saturated heterocycles. The Balaban J connectivity index is 0.00000261. The molecule has 27 heavy (non-hydrogen) atoms. The van der Waals surface area contributed by atoms with Crippen LogP contribution in [0, 0.1) is 18.7 Å². The summed E-state index contributed by atoms with van der Waals surface area (Å²) < 4.78 is 14.7. The number of nitrogens with two attached hydrogens (primary N) is 1. The second kappa shape index (κ2) is 9.23. The number of hydrogen-bond acceptors (Lipinski definition) is 5. The Bertz CT molecular complexity index is 743. The Kier molecular flexibility index (Phi) is 7.26. The summed E-state index contributed by atoms with van der Waals surface area (Å²) in [4.78, 5) is 15.1. The van der Waals surface area contributed by atoms with Crippen molar-refractivity contribution in [1.82, 2.24) is 25.1 Å². The monoisotopic (exact) mass is 396 g/mol. The highest BCUT2D eigenvalue weighted by Gasteiger charge is 2.32. The molecule has 2 unspecified atom stereocenters. The van der Waals surface area contributed by atoms with Crippen LogP contribution in [0.2, 0.25) is 0 Å². The van der Waals surface area contributed by atoms with Crippen molar-refractivity contribution in [2.75, 3.05) is 13.1 Å². The molecule has 0 saturated carbocycles. The molecule has 0 bridgehead atoms. The highest BCUT2D eigenvalue weighted by Crippen LogP contribution is 2.24. The molecule has 1 aliphatic heterocycles. The molecule has 0 aliphatic carbocycles. The number of amides is 1. The van der Waals surface area contributed by atoms with E-state index in [1.807, 2.05) is 11.8 Å².